The van der Waals surface area contributed by atoms with Crippen molar-refractivity contribution in [3.8, 4) is 5.75 Å². The average Bonchev–Trinajstić information content (AvgIpc) is 2.01. The third-order valence-corrected chi connectivity index (χ3v) is 1.56. The molecular weight excluding hydrogens is 216 g/mol. The van der Waals surface area contributed by atoms with Crippen LogP contribution < -0.4 is 0 Å². The molecule has 4 nitrogen and oxygen atoms in total. The molecule has 0 radical (unpaired) electrons. The number of hydrogen-bond donors (Lipinski definition) is 2. The zero-order valence-corrected chi connectivity index (χ0v) is 9.82. The van der Waals surface area contributed by atoms with Crippen molar-refractivity contribution in [2.75, 3.05) is 6.26 Å². The molecule has 5 heteroatoms. The Bertz CT molecular complexity index is 388. The van der Waals surface area contributed by atoms with Crippen molar-refractivity contribution in [3.05, 3.63) is 29.8 Å². The van der Waals surface area contributed by atoms with Gasteiger partial charge in [-0.25, -0.2) is 0 Å². The minimum atomic E-state index is -3.67. The fraction of sp³-hybridized carbons (Fsp3) is 0.400. The summed E-state index contributed by atoms with van der Waals surface area (Å²) in [7, 11) is -3.67. The molecule has 2 N–H and O–H groups in total. The van der Waals surface area contributed by atoms with Gasteiger partial charge in [0.1, 0.15) is 5.75 Å². The highest BCUT2D eigenvalue weighted by atomic mass is 32.2. The minimum Gasteiger partial charge on any atom is -0.508 e. The molecule has 0 aliphatic heterocycles. The Morgan fingerprint density at radius 3 is 1.87 bits per heavy atom. The van der Waals surface area contributed by atoms with E-state index in [0.717, 1.165) is 5.56 Å². The molecule has 0 unspecified atom stereocenters. The highest BCUT2D eigenvalue weighted by Gasteiger charge is 2.01. The van der Waals surface area contributed by atoms with Crippen LogP contribution in [0.1, 0.15) is 25.3 Å². The molecule has 0 aromatic heterocycles. The van der Waals surface area contributed by atoms with E-state index < -0.39 is 10.1 Å². The van der Waals surface area contributed by atoms with Gasteiger partial charge in [0.15, 0.2) is 0 Å². The molecule has 0 aliphatic carbocycles. The van der Waals surface area contributed by atoms with Crippen molar-refractivity contribution in [2.24, 2.45) is 0 Å². The van der Waals surface area contributed by atoms with Crippen LogP contribution >= 0.6 is 0 Å². The lowest BCUT2D eigenvalue weighted by Crippen LogP contribution is -1.88. The summed E-state index contributed by atoms with van der Waals surface area (Å²) in [6.07, 6.45) is 0.715. The summed E-state index contributed by atoms with van der Waals surface area (Å²) in [5, 5.41) is 9.28. The van der Waals surface area contributed by atoms with E-state index in [4.69, 9.17) is 4.55 Å². The second kappa shape index (κ2) is 5.72. The van der Waals surface area contributed by atoms with Crippen molar-refractivity contribution in [2.45, 2.75) is 19.8 Å². The average molecular weight is 232 g/mol. The van der Waals surface area contributed by atoms with Gasteiger partial charge in [-0.3, -0.25) is 4.55 Å². The lowest BCUT2D eigenvalue weighted by Gasteiger charge is -2.05. The van der Waals surface area contributed by atoms with Gasteiger partial charge in [0.05, 0.1) is 6.26 Å². The van der Waals surface area contributed by atoms with Crippen LogP contribution in [0.3, 0.4) is 0 Å². The SMILES string of the molecule is CC(C)c1ccccc1O.CS(=O)(=O)O. The maximum atomic E-state index is 9.28. The van der Waals surface area contributed by atoms with E-state index in [1.165, 1.54) is 0 Å². The molecule has 0 bridgehead atoms. The number of hydrogen-bond acceptors (Lipinski definition) is 3. The molecule has 0 saturated carbocycles. The van der Waals surface area contributed by atoms with E-state index in [1.54, 1.807) is 6.07 Å². The van der Waals surface area contributed by atoms with Gasteiger partial charge < -0.3 is 5.11 Å². The van der Waals surface area contributed by atoms with E-state index in [2.05, 4.69) is 13.8 Å². The highest BCUT2D eigenvalue weighted by molar-refractivity contribution is 7.85. The highest BCUT2D eigenvalue weighted by Crippen LogP contribution is 2.23. The van der Waals surface area contributed by atoms with Crippen LogP contribution in [0.5, 0.6) is 5.75 Å². The Hall–Kier alpha value is -1.07. The lowest BCUT2D eigenvalue weighted by molar-refractivity contribution is 0.465. The Kier molecular flexibility index (Phi) is 5.32. The van der Waals surface area contributed by atoms with E-state index in [-0.39, 0.29) is 0 Å². The smallest absolute Gasteiger partial charge is 0.261 e. The monoisotopic (exact) mass is 232 g/mol. The summed E-state index contributed by atoms with van der Waals surface area (Å²) in [5.41, 5.74) is 1.02. The van der Waals surface area contributed by atoms with Crippen LogP contribution in [0.25, 0.3) is 0 Å². The van der Waals surface area contributed by atoms with Crippen LogP contribution in [-0.4, -0.2) is 24.3 Å². The Labute approximate surface area is 90.3 Å². The van der Waals surface area contributed by atoms with Gasteiger partial charge in [-0.05, 0) is 17.5 Å². The predicted octanol–water partition coefficient (Wildman–Crippen LogP) is 2.02. The summed E-state index contributed by atoms with van der Waals surface area (Å²) in [4.78, 5) is 0. The van der Waals surface area contributed by atoms with E-state index in [9.17, 15) is 13.5 Å². The van der Waals surface area contributed by atoms with Crippen molar-refractivity contribution >= 4 is 10.1 Å². The maximum Gasteiger partial charge on any atom is 0.261 e. The van der Waals surface area contributed by atoms with E-state index in [0.29, 0.717) is 17.9 Å². The molecule has 1 aromatic rings. The van der Waals surface area contributed by atoms with Gasteiger partial charge >= 0.3 is 0 Å². The molecule has 86 valence electrons. The largest absolute Gasteiger partial charge is 0.508 e. The number of para-hydroxylation sites is 1. The van der Waals surface area contributed by atoms with Crippen molar-refractivity contribution in [3.63, 3.8) is 0 Å². The number of benzene rings is 1. The van der Waals surface area contributed by atoms with Gasteiger partial charge in [-0.2, -0.15) is 8.42 Å². The summed E-state index contributed by atoms with van der Waals surface area (Å²) in [5.74, 6) is 0.804. The van der Waals surface area contributed by atoms with Gasteiger partial charge in [-0.1, -0.05) is 32.0 Å². The van der Waals surface area contributed by atoms with E-state index in [1.807, 2.05) is 18.2 Å². The molecule has 0 fully saturated rings. The number of aromatic hydroxyl groups is 1. The van der Waals surface area contributed by atoms with Gasteiger partial charge in [0.25, 0.3) is 10.1 Å². The Morgan fingerprint density at radius 2 is 1.60 bits per heavy atom. The number of rotatable bonds is 1. The van der Waals surface area contributed by atoms with Crippen LogP contribution in [0, 0.1) is 0 Å². The molecule has 0 atom stereocenters. The van der Waals surface area contributed by atoms with Crippen LogP contribution in [-0.2, 0) is 10.1 Å². The standard InChI is InChI=1S/C9H12O.CH4O3S/c1-7(2)8-5-3-4-6-9(8)10;1-5(2,3)4/h3-7,10H,1-2H3;1H3,(H,2,3,4). The predicted molar refractivity (Wildman–Crippen MR) is 59.7 cm³/mol. The fourth-order valence-corrected chi connectivity index (χ4v) is 0.976. The summed E-state index contributed by atoms with van der Waals surface area (Å²) < 4.78 is 25.9. The van der Waals surface area contributed by atoms with Crippen LogP contribution in [0.2, 0.25) is 0 Å². The molecule has 0 amide bonds. The first-order chi connectivity index (χ1) is 6.72. The molecule has 15 heavy (non-hydrogen) atoms. The molecule has 0 spiro atoms. The van der Waals surface area contributed by atoms with Crippen LogP contribution in [0.4, 0.5) is 0 Å². The normalized spacial score (nSPS) is 10.7. The summed E-state index contributed by atoms with van der Waals surface area (Å²) in [6, 6.07) is 7.44. The number of phenolic OH excluding ortho intramolecular Hbond substituents is 1. The van der Waals surface area contributed by atoms with Gasteiger partial charge in [-0.15, -0.1) is 0 Å². The van der Waals surface area contributed by atoms with Crippen molar-refractivity contribution in [1.29, 1.82) is 0 Å². The summed E-state index contributed by atoms with van der Waals surface area (Å²) >= 11 is 0. The first kappa shape index (κ1) is 13.9. The molecule has 0 heterocycles. The second-order valence-corrected chi connectivity index (χ2v) is 4.91. The quantitative estimate of drug-likeness (QED) is 0.726. The second-order valence-electron chi connectivity index (χ2n) is 3.45. The van der Waals surface area contributed by atoms with Gasteiger partial charge in [0, 0.05) is 0 Å². The topological polar surface area (TPSA) is 74.6 Å². The Balaban J connectivity index is 0.000000336. The molecule has 0 saturated heterocycles. The van der Waals surface area contributed by atoms with Crippen LogP contribution in [0.15, 0.2) is 24.3 Å². The third kappa shape index (κ3) is 7.96. The molecule has 1 rings (SSSR count). The molecule has 0 aliphatic rings. The minimum absolute atomic E-state index is 0.400. The fourth-order valence-electron chi connectivity index (χ4n) is 0.976. The lowest BCUT2D eigenvalue weighted by atomic mass is 10.0. The van der Waals surface area contributed by atoms with E-state index >= 15 is 0 Å². The molecular formula is C10H16O4S. The van der Waals surface area contributed by atoms with Crippen molar-refractivity contribution in [1.82, 2.24) is 0 Å². The zero-order chi connectivity index (χ0) is 12.1. The zero-order valence-electron chi connectivity index (χ0n) is 9.01. The summed E-state index contributed by atoms with van der Waals surface area (Å²) in [6.45, 7) is 4.13. The molecule has 1 aromatic carbocycles. The first-order valence-electron chi connectivity index (χ1n) is 4.42. The Morgan fingerprint density at radius 1 is 1.20 bits per heavy atom. The van der Waals surface area contributed by atoms with Gasteiger partial charge in [0.2, 0.25) is 0 Å². The number of phenols is 1. The third-order valence-electron chi connectivity index (χ3n) is 1.56. The first-order valence-corrected chi connectivity index (χ1v) is 6.27. The maximum absolute atomic E-state index is 9.28. The van der Waals surface area contributed by atoms with Crippen molar-refractivity contribution < 1.29 is 18.1 Å².